The number of ether oxygens (including phenoxy) is 9. The molecule has 1 unspecified atom stereocenters. The molecule has 0 amide bonds. The van der Waals surface area contributed by atoms with Crippen molar-refractivity contribution in [1.82, 2.24) is 0 Å². The summed E-state index contributed by atoms with van der Waals surface area (Å²) < 4.78 is 49.2. The van der Waals surface area contributed by atoms with Gasteiger partial charge in [0.2, 0.25) is 0 Å². The highest BCUT2D eigenvalue weighted by atomic mass is 16.6. The highest BCUT2D eigenvalue weighted by Crippen LogP contribution is 2.64. The summed E-state index contributed by atoms with van der Waals surface area (Å²) in [5.74, 6) is 1.22. The predicted molar refractivity (Wildman–Crippen MR) is 499 cm³/mol. The average molecular weight is 1720 g/mol. The van der Waals surface area contributed by atoms with E-state index in [1.54, 1.807) is 62.3 Å². The van der Waals surface area contributed by atoms with Gasteiger partial charge in [-0.15, -0.1) is 0 Å². The van der Waals surface area contributed by atoms with E-state index in [4.69, 9.17) is 42.6 Å². The van der Waals surface area contributed by atoms with E-state index in [-0.39, 0.29) is 109 Å². The van der Waals surface area contributed by atoms with E-state index in [1.165, 1.54) is 109 Å². The molecule has 702 valence electrons. The second kappa shape index (κ2) is 50.4. The zero-order valence-corrected chi connectivity index (χ0v) is 82.8. The zero-order valence-electron chi connectivity index (χ0n) is 82.8. The van der Waals surface area contributed by atoms with Gasteiger partial charge in [-0.2, -0.15) is 0 Å². The molecule has 0 saturated heterocycles. The molecule has 10 saturated carbocycles. The number of hydrogen-bond acceptors (Lipinski definition) is 18. The summed E-state index contributed by atoms with van der Waals surface area (Å²) in [6, 6.07) is 0. The molecule has 0 heterocycles. The Kier molecular flexibility index (Phi) is 46.7. The SMILES string of the molecule is C=C(C)C(=O)OC(C)(C)C.C=C(C)C(=O)OC(C)(C)C12CC3CC(CC(C3)C1)C2.C=C(C)C(=O)OC(C)(C)CC.C=C(C)C(=O)OC1(C(C)(C)C)CCCC1.C=C(C)C(=O)OC1(C(C)C)CCCC1.C=C(C)C(=O)OC1(C(C)CC)CCCC1.C=C(C)C(=O)OC1(C)CCCC1.C=C(C)C(=O)OC1(CC)CCCC1.C=C(C)C(=O)OC1(CC)CCCCC1. The van der Waals surface area contributed by atoms with Gasteiger partial charge in [-0.1, -0.05) is 135 Å². The molecule has 10 rings (SSSR count). The van der Waals surface area contributed by atoms with Crippen LogP contribution in [0.4, 0.5) is 0 Å². The number of carbonyl (C=O) groups is 9. The second-order valence-corrected chi connectivity index (χ2v) is 41.4. The lowest BCUT2D eigenvalue weighted by atomic mass is 9.46. The number of hydrogen-bond donors (Lipinski definition) is 0. The fraction of sp³-hybridized carbons (Fsp3) is 0.743. The lowest BCUT2D eigenvalue weighted by molar-refractivity contribution is -0.195. The standard InChI is InChI=1S/C17H26O2.2C13H22O2.2C12H20O2.C11H18O2.C10H16O2.C9H16O2.C8H14O2/c1-11(2)15(18)19-16(3,4)17-8-12-5-13(9-17)7-14(6-12)10-17;1-10(2)11(14)15-13(12(3,4)5)8-6-7-9-13;1-5-11(4)13(8-6-7-9-13)15-12(14)10(2)3;1-9(2)11(13)14-12(10(3)4)7-5-6-8-12;1-4-12(8-6-5-7-9-12)14-11(13)10(2)3;1-4-11(7-5-6-8-11)13-10(12)9(2)3;1-8(2)9(11)12-10(3)6-4-5-7-10;1-6-9(4,5)11-8(10)7(2)3;1-6(2)7(9)10-8(3,4)5/h12-14H,1,5-10H2,2-4H3;1,6-9H2,2-5H3;11H,2,5-9H2,1,3-4H3;10H,1,5-8H2,2-4H3;2,4-9H2,1,3H3;2,4-8H2,1,3H3;1,4-7H2,2-3H3;2,6H2,1,3-5H3;1H2,2-5H3. The smallest absolute Gasteiger partial charge is 0.333 e. The molecule has 0 aromatic heterocycles. The summed E-state index contributed by atoms with van der Waals surface area (Å²) >= 11 is 0. The van der Waals surface area contributed by atoms with Crippen molar-refractivity contribution >= 4 is 53.7 Å². The maximum absolute atomic E-state index is 11.9. The highest BCUT2D eigenvalue weighted by Gasteiger charge is 2.59. The highest BCUT2D eigenvalue weighted by molar-refractivity contribution is 5.91. The van der Waals surface area contributed by atoms with Gasteiger partial charge < -0.3 is 42.6 Å². The molecule has 0 aromatic carbocycles. The summed E-state index contributed by atoms with van der Waals surface area (Å²) in [6.07, 6.45) is 39.1. The lowest BCUT2D eigenvalue weighted by Crippen LogP contribution is -2.57. The molecule has 123 heavy (non-hydrogen) atoms. The van der Waals surface area contributed by atoms with E-state index in [2.05, 4.69) is 135 Å². The fourth-order valence-electron chi connectivity index (χ4n) is 18.0. The van der Waals surface area contributed by atoms with Crippen LogP contribution < -0.4 is 0 Å². The third-order valence-corrected chi connectivity index (χ3v) is 26.7. The topological polar surface area (TPSA) is 237 Å². The van der Waals surface area contributed by atoms with Crippen molar-refractivity contribution in [2.75, 3.05) is 0 Å². The van der Waals surface area contributed by atoms with E-state index in [0.29, 0.717) is 62.0 Å². The fourth-order valence-corrected chi connectivity index (χ4v) is 18.0. The maximum Gasteiger partial charge on any atom is 0.333 e. The molecule has 18 nitrogen and oxygen atoms in total. The summed E-state index contributed by atoms with van der Waals surface area (Å²) in [5, 5.41) is 0. The van der Waals surface area contributed by atoms with E-state index in [0.717, 1.165) is 133 Å². The van der Waals surface area contributed by atoms with Crippen LogP contribution in [-0.4, -0.2) is 104 Å². The molecular weight excluding hydrogens is 1550 g/mol. The third-order valence-electron chi connectivity index (χ3n) is 26.7. The van der Waals surface area contributed by atoms with Crippen molar-refractivity contribution in [3.63, 3.8) is 0 Å². The first kappa shape index (κ1) is 114. The largest absolute Gasteiger partial charge is 0.457 e. The Morgan fingerprint density at radius 1 is 0.333 bits per heavy atom. The minimum Gasteiger partial charge on any atom is -0.457 e. The molecule has 4 bridgehead atoms. The van der Waals surface area contributed by atoms with Crippen molar-refractivity contribution in [3.8, 4) is 0 Å². The molecule has 0 radical (unpaired) electrons. The van der Waals surface area contributed by atoms with Gasteiger partial charge in [0.25, 0.3) is 0 Å². The summed E-state index contributed by atoms with van der Waals surface area (Å²) in [5.41, 5.74) is 2.24. The molecule has 10 aliphatic carbocycles. The van der Waals surface area contributed by atoms with Gasteiger partial charge in [0.15, 0.2) is 0 Å². The van der Waals surface area contributed by atoms with Gasteiger partial charge >= 0.3 is 53.7 Å². The normalized spacial score (nSPS) is 21.7. The van der Waals surface area contributed by atoms with Gasteiger partial charge in [-0.05, 0) is 366 Å². The Morgan fingerprint density at radius 3 is 0.911 bits per heavy atom. The maximum atomic E-state index is 11.9. The van der Waals surface area contributed by atoms with E-state index in [9.17, 15) is 43.2 Å². The quantitative estimate of drug-likeness (QED) is 0.0496. The predicted octanol–water partition coefficient (Wildman–Crippen LogP) is 26.8. The Labute approximate surface area is 747 Å². The minimum absolute atomic E-state index is 0.00854. The van der Waals surface area contributed by atoms with Crippen LogP contribution >= 0.6 is 0 Å². The summed E-state index contributed by atoms with van der Waals surface area (Å²) in [4.78, 5) is 102. The molecular formula is C105H174O18. The molecule has 18 heteroatoms. The van der Waals surface area contributed by atoms with Gasteiger partial charge in [-0.3, -0.25) is 0 Å². The van der Waals surface area contributed by atoms with Gasteiger partial charge in [-0.25, -0.2) is 43.2 Å². The van der Waals surface area contributed by atoms with Crippen molar-refractivity contribution in [3.05, 3.63) is 109 Å². The van der Waals surface area contributed by atoms with E-state index in [1.807, 2.05) is 48.5 Å². The van der Waals surface area contributed by atoms with Crippen LogP contribution in [0.2, 0.25) is 0 Å². The third kappa shape index (κ3) is 37.8. The van der Waals surface area contributed by atoms with Gasteiger partial charge in [0.05, 0.1) is 0 Å². The van der Waals surface area contributed by atoms with Crippen molar-refractivity contribution in [2.45, 2.75) is 462 Å². The van der Waals surface area contributed by atoms with Crippen molar-refractivity contribution in [1.29, 1.82) is 0 Å². The Hall–Kier alpha value is -7.11. The minimum atomic E-state index is -0.407. The van der Waals surface area contributed by atoms with Crippen LogP contribution in [0.1, 0.15) is 412 Å². The average Bonchev–Trinajstić information content (AvgIpc) is 1.21. The van der Waals surface area contributed by atoms with Crippen LogP contribution in [0, 0.1) is 40.4 Å². The van der Waals surface area contributed by atoms with Crippen LogP contribution in [-0.2, 0) is 85.8 Å². The van der Waals surface area contributed by atoms with Crippen LogP contribution in [0.5, 0.6) is 0 Å². The Bertz CT molecular complexity index is 3550. The zero-order chi connectivity index (χ0) is 94.9. The van der Waals surface area contributed by atoms with Crippen molar-refractivity contribution < 1.29 is 85.8 Å². The molecule has 0 aliphatic heterocycles. The van der Waals surface area contributed by atoms with Gasteiger partial charge in [0, 0.05) is 61.0 Å². The number of rotatable bonds is 24. The van der Waals surface area contributed by atoms with Crippen LogP contribution in [0.25, 0.3) is 0 Å². The molecule has 0 N–H and O–H groups in total. The summed E-state index contributed by atoms with van der Waals surface area (Å²) in [7, 11) is 0. The Morgan fingerprint density at radius 2 is 0.610 bits per heavy atom. The molecule has 10 fully saturated rings. The lowest BCUT2D eigenvalue weighted by Gasteiger charge is -2.61. The van der Waals surface area contributed by atoms with Crippen molar-refractivity contribution in [2.24, 2.45) is 40.4 Å². The number of esters is 9. The monoisotopic (exact) mass is 1720 g/mol. The molecule has 0 aromatic rings. The number of carbonyl (C=O) groups excluding carboxylic acids is 9. The van der Waals surface area contributed by atoms with E-state index >= 15 is 0 Å². The molecule has 1 atom stereocenters. The second-order valence-electron chi connectivity index (χ2n) is 41.4. The first-order valence-electron chi connectivity index (χ1n) is 46.5. The summed E-state index contributed by atoms with van der Waals surface area (Å²) in [6.45, 7) is 84.2. The van der Waals surface area contributed by atoms with Crippen LogP contribution in [0.3, 0.4) is 0 Å². The van der Waals surface area contributed by atoms with Crippen LogP contribution in [0.15, 0.2) is 109 Å². The Balaban J connectivity index is 0.000000696. The first-order valence-corrected chi connectivity index (χ1v) is 46.5. The molecule has 10 aliphatic rings. The van der Waals surface area contributed by atoms with E-state index < -0.39 is 5.60 Å². The molecule has 0 spiro atoms. The van der Waals surface area contributed by atoms with Gasteiger partial charge in [0.1, 0.15) is 50.4 Å². The first-order chi connectivity index (χ1) is 56.5.